The van der Waals surface area contributed by atoms with Crippen LogP contribution in [-0.4, -0.2) is 41.7 Å². The van der Waals surface area contributed by atoms with Crippen molar-refractivity contribution in [2.45, 2.75) is 24.3 Å². The summed E-state index contributed by atoms with van der Waals surface area (Å²) in [5.41, 5.74) is 1.81. The van der Waals surface area contributed by atoms with Crippen molar-refractivity contribution in [2.24, 2.45) is 0 Å². The second-order valence-corrected chi connectivity index (χ2v) is 8.98. The normalized spacial score (nSPS) is 15.2. The average molecular weight is 419 g/mol. The van der Waals surface area contributed by atoms with Crippen molar-refractivity contribution in [3.63, 3.8) is 0 Å². The minimum Gasteiger partial charge on any atom is -0.345 e. The van der Waals surface area contributed by atoms with Crippen LogP contribution in [0.1, 0.15) is 29.0 Å². The predicted octanol–water partition coefficient (Wildman–Crippen LogP) is 2.93. The van der Waals surface area contributed by atoms with Gasteiger partial charge in [-0.2, -0.15) is 4.31 Å². The number of H-pyrrole nitrogens is 1. The number of aromatic amines is 1. The number of amides is 1. The highest BCUT2D eigenvalue weighted by molar-refractivity contribution is 7.89. The molecule has 4 rings (SSSR count). The fourth-order valence-corrected chi connectivity index (χ4v) is 5.01. The zero-order valence-corrected chi connectivity index (χ0v) is 16.6. The lowest BCUT2D eigenvalue weighted by molar-refractivity contribution is 0.0950. The van der Waals surface area contributed by atoms with Crippen LogP contribution in [0.15, 0.2) is 47.4 Å². The summed E-state index contributed by atoms with van der Waals surface area (Å²) in [6.45, 7) is 1.17. The Bertz CT molecular complexity index is 1100. The van der Waals surface area contributed by atoms with Crippen LogP contribution in [0.25, 0.3) is 11.0 Å². The quantitative estimate of drug-likeness (QED) is 0.665. The smallest absolute Gasteiger partial charge is 0.253 e. The van der Waals surface area contributed by atoms with E-state index >= 15 is 0 Å². The Labute approximate surface area is 167 Å². The lowest BCUT2D eigenvalue weighted by Gasteiger charge is -2.16. The van der Waals surface area contributed by atoms with E-state index in [9.17, 15) is 13.2 Å². The number of sulfonamides is 1. The van der Waals surface area contributed by atoms with E-state index in [0.29, 0.717) is 18.9 Å². The molecule has 146 valence electrons. The molecule has 1 aliphatic rings. The van der Waals surface area contributed by atoms with Gasteiger partial charge in [0.1, 0.15) is 5.82 Å². The summed E-state index contributed by atoms with van der Waals surface area (Å²) in [4.78, 5) is 20.2. The van der Waals surface area contributed by atoms with E-state index in [4.69, 9.17) is 11.6 Å². The molecule has 2 heterocycles. The van der Waals surface area contributed by atoms with Crippen molar-refractivity contribution >= 4 is 38.6 Å². The van der Waals surface area contributed by atoms with Crippen molar-refractivity contribution in [2.75, 3.05) is 13.1 Å². The molecular formula is C19H19ClN4O3S. The standard InChI is InChI=1S/C19H19ClN4O3S/c20-15-8-7-13(28(26,27)24-9-3-4-10-24)11-14(15)19(25)21-12-18-22-16-5-1-2-6-17(16)23-18/h1-2,5-8,11H,3-4,9-10,12H2,(H,21,25)(H,22,23). The lowest BCUT2D eigenvalue weighted by atomic mass is 10.2. The summed E-state index contributed by atoms with van der Waals surface area (Å²) in [6, 6.07) is 11.8. The van der Waals surface area contributed by atoms with Gasteiger partial charge in [-0.1, -0.05) is 23.7 Å². The molecule has 2 aromatic carbocycles. The van der Waals surface area contributed by atoms with Gasteiger partial charge in [-0.15, -0.1) is 0 Å². The maximum atomic E-state index is 12.7. The first-order valence-electron chi connectivity index (χ1n) is 8.97. The zero-order valence-electron chi connectivity index (χ0n) is 15.0. The van der Waals surface area contributed by atoms with Gasteiger partial charge in [0.25, 0.3) is 5.91 Å². The molecule has 1 amide bonds. The maximum absolute atomic E-state index is 12.7. The van der Waals surface area contributed by atoms with Crippen LogP contribution in [0.2, 0.25) is 5.02 Å². The van der Waals surface area contributed by atoms with Crippen molar-refractivity contribution in [1.82, 2.24) is 19.6 Å². The molecule has 0 radical (unpaired) electrons. The van der Waals surface area contributed by atoms with Crippen molar-refractivity contribution < 1.29 is 13.2 Å². The molecule has 2 N–H and O–H groups in total. The van der Waals surface area contributed by atoms with Crippen LogP contribution in [0, 0.1) is 0 Å². The minimum atomic E-state index is -3.62. The van der Waals surface area contributed by atoms with E-state index in [0.717, 1.165) is 23.9 Å². The van der Waals surface area contributed by atoms with Gasteiger partial charge in [0.15, 0.2) is 0 Å². The third-order valence-electron chi connectivity index (χ3n) is 4.74. The fourth-order valence-electron chi connectivity index (χ4n) is 3.26. The van der Waals surface area contributed by atoms with Crippen molar-refractivity contribution in [3.05, 3.63) is 58.9 Å². The highest BCUT2D eigenvalue weighted by Gasteiger charge is 2.28. The van der Waals surface area contributed by atoms with Crippen LogP contribution in [-0.2, 0) is 16.6 Å². The van der Waals surface area contributed by atoms with Crippen molar-refractivity contribution in [3.8, 4) is 0 Å². The van der Waals surface area contributed by atoms with E-state index in [-0.39, 0.29) is 22.0 Å². The number of carbonyl (C=O) groups is 1. The molecule has 9 heteroatoms. The van der Waals surface area contributed by atoms with Crippen LogP contribution < -0.4 is 5.32 Å². The number of nitrogens with one attached hydrogen (secondary N) is 2. The van der Waals surface area contributed by atoms with Gasteiger partial charge in [-0.05, 0) is 43.2 Å². The first kappa shape index (κ1) is 18.9. The Hall–Kier alpha value is -2.42. The number of rotatable bonds is 5. The van der Waals surface area contributed by atoms with Gasteiger partial charge in [0.05, 0.1) is 33.1 Å². The minimum absolute atomic E-state index is 0.0766. The Balaban J connectivity index is 1.53. The highest BCUT2D eigenvalue weighted by atomic mass is 35.5. The Morgan fingerprint density at radius 3 is 2.68 bits per heavy atom. The molecule has 0 bridgehead atoms. The summed E-state index contributed by atoms with van der Waals surface area (Å²) in [5.74, 6) is 0.149. The number of hydrogen-bond acceptors (Lipinski definition) is 4. The zero-order chi connectivity index (χ0) is 19.7. The molecule has 28 heavy (non-hydrogen) atoms. The summed E-state index contributed by atoms with van der Waals surface area (Å²) in [7, 11) is -3.62. The fraction of sp³-hybridized carbons (Fsp3) is 0.263. The Morgan fingerprint density at radius 1 is 1.18 bits per heavy atom. The molecule has 3 aromatic rings. The molecule has 0 saturated carbocycles. The third-order valence-corrected chi connectivity index (χ3v) is 6.96. The van der Waals surface area contributed by atoms with E-state index < -0.39 is 15.9 Å². The first-order chi connectivity index (χ1) is 13.4. The van der Waals surface area contributed by atoms with Gasteiger partial charge in [0.2, 0.25) is 10.0 Å². The number of imidazole rings is 1. The van der Waals surface area contributed by atoms with Gasteiger partial charge in [-0.3, -0.25) is 4.79 Å². The Kier molecular flexibility index (Phi) is 5.09. The topological polar surface area (TPSA) is 95.2 Å². The largest absolute Gasteiger partial charge is 0.345 e. The number of benzene rings is 2. The third kappa shape index (κ3) is 3.63. The molecule has 0 unspecified atom stereocenters. The van der Waals surface area contributed by atoms with E-state index in [1.54, 1.807) is 0 Å². The van der Waals surface area contributed by atoms with Crippen LogP contribution in [0.5, 0.6) is 0 Å². The van der Waals surface area contributed by atoms with Gasteiger partial charge >= 0.3 is 0 Å². The molecular weight excluding hydrogens is 400 g/mol. The number of aromatic nitrogens is 2. The molecule has 1 aliphatic heterocycles. The summed E-state index contributed by atoms with van der Waals surface area (Å²) in [6.07, 6.45) is 1.69. The number of nitrogens with zero attached hydrogens (tertiary/aromatic N) is 2. The first-order valence-corrected chi connectivity index (χ1v) is 10.8. The second-order valence-electron chi connectivity index (χ2n) is 6.64. The molecule has 0 atom stereocenters. The molecule has 0 aliphatic carbocycles. The van der Waals surface area contributed by atoms with Crippen LogP contribution in [0.3, 0.4) is 0 Å². The number of hydrogen-bond donors (Lipinski definition) is 2. The number of para-hydroxylation sites is 2. The summed E-state index contributed by atoms with van der Waals surface area (Å²) in [5, 5.41) is 2.94. The predicted molar refractivity (Wildman–Crippen MR) is 107 cm³/mol. The molecule has 0 spiro atoms. The lowest BCUT2D eigenvalue weighted by Crippen LogP contribution is -2.28. The van der Waals surface area contributed by atoms with Crippen LogP contribution in [0.4, 0.5) is 0 Å². The van der Waals surface area contributed by atoms with E-state index in [1.165, 1.54) is 22.5 Å². The maximum Gasteiger partial charge on any atom is 0.253 e. The van der Waals surface area contributed by atoms with Gasteiger partial charge in [-0.25, -0.2) is 13.4 Å². The van der Waals surface area contributed by atoms with Crippen LogP contribution >= 0.6 is 11.6 Å². The summed E-state index contributed by atoms with van der Waals surface area (Å²) < 4.78 is 26.9. The van der Waals surface area contributed by atoms with E-state index in [1.807, 2.05) is 24.3 Å². The SMILES string of the molecule is O=C(NCc1nc2ccccc2[nH]1)c1cc(S(=O)(=O)N2CCCC2)ccc1Cl. The van der Waals surface area contributed by atoms with Gasteiger partial charge < -0.3 is 10.3 Å². The van der Waals surface area contributed by atoms with E-state index in [2.05, 4.69) is 15.3 Å². The molecule has 1 aromatic heterocycles. The number of fused-ring (bicyclic) bond motifs is 1. The number of carbonyl (C=O) groups excluding carboxylic acids is 1. The average Bonchev–Trinajstić information content (AvgIpc) is 3.36. The number of halogens is 1. The van der Waals surface area contributed by atoms with Gasteiger partial charge in [0, 0.05) is 13.1 Å². The highest BCUT2D eigenvalue weighted by Crippen LogP contribution is 2.25. The monoisotopic (exact) mass is 418 g/mol. The molecule has 1 fully saturated rings. The van der Waals surface area contributed by atoms with Crippen molar-refractivity contribution in [1.29, 1.82) is 0 Å². The Morgan fingerprint density at radius 2 is 1.93 bits per heavy atom. The second kappa shape index (κ2) is 7.54. The summed E-state index contributed by atoms with van der Waals surface area (Å²) >= 11 is 6.15. The molecule has 1 saturated heterocycles. The molecule has 7 nitrogen and oxygen atoms in total.